The van der Waals surface area contributed by atoms with Gasteiger partial charge >= 0.3 is 5.97 Å². The highest BCUT2D eigenvalue weighted by atomic mass is 35.5. The lowest BCUT2D eigenvalue weighted by molar-refractivity contribution is -0.149. The Morgan fingerprint density at radius 2 is 2.03 bits per heavy atom. The van der Waals surface area contributed by atoms with Gasteiger partial charge in [-0.05, 0) is 44.0 Å². The van der Waals surface area contributed by atoms with Gasteiger partial charge in [0.1, 0.15) is 5.69 Å². The zero-order valence-electron chi connectivity index (χ0n) is 18.7. The second kappa shape index (κ2) is 11.3. The number of carbonyl (C=O) groups is 2. The minimum atomic E-state index is -0.206. The van der Waals surface area contributed by atoms with Crippen LogP contribution in [0.4, 0.5) is 5.69 Å². The Hall–Kier alpha value is -3.17. The molecule has 1 amide bonds. The van der Waals surface area contributed by atoms with Crippen LogP contribution in [0.5, 0.6) is 0 Å². The second-order valence-corrected chi connectivity index (χ2v) is 9.53. The smallest absolute Gasteiger partial charge is 0.309 e. The summed E-state index contributed by atoms with van der Waals surface area (Å²) in [5.74, 6) is 0.237. The number of hydrogen-bond acceptors (Lipinski definition) is 7. The molecule has 4 rings (SSSR count). The molecule has 8 nitrogen and oxygen atoms in total. The second-order valence-electron chi connectivity index (χ2n) is 7.82. The summed E-state index contributed by atoms with van der Waals surface area (Å²) in [7, 11) is 0. The van der Waals surface area contributed by atoms with Crippen LogP contribution in [0.1, 0.15) is 35.2 Å². The zero-order valence-corrected chi connectivity index (χ0v) is 20.3. The summed E-state index contributed by atoms with van der Waals surface area (Å²) in [6.45, 7) is 4.05. The highest BCUT2D eigenvalue weighted by Crippen LogP contribution is 2.24. The molecule has 3 aromatic rings. The van der Waals surface area contributed by atoms with Crippen molar-refractivity contribution in [2.45, 2.75) is 26.3 Å². The molecular weight excluding hydrogens is 476 g/mol. The fourth-order valence-electron chi connectivity index (χ4n) is 3.60. The van der Waals surface area contributed by atoms with Gasteiger partial charge in [-0.3, -0.25) is 9.59 Å². The average molecular weight is 501 g/mol. The van der Waals surface area contributed by atoms with Gasteiger partial charge in [0, 0.05) is 24.7 Å². The summed E-state index contributed by atoms with van der Waals surface area (Å²) in [5, 5.41) is 6.89. The Kier molecular flexibility index (Phi) is 7.97. The number of likely N-dealkylation sites (tertiary alicyclic amines) is 1. The van der Waals surface area contributed by atoms with Gasteiger partial charge in [0.15, 0.2) is 5.76 Å². The van der Waals surface area contributed by atoms with Crippen LogP contribution in [0, 0.1) is 5.92 Å². The van der Waals surface area contributed by atoms with Crippen molar-refractivity contribution in [1.82, 2.24) is 15.4 Å². The highest BCUT2D eigenvalue weighted by Gasteiger charge is 2.24. The Morgan fingerprint density at radius 3 is 2.71 bits per heavy atom. The summed E-state index contributed by atoms with van der Waals surface area (Å²) in [4.78, 5) is 31.2. The molecule has 0 saturated carbocycles. The van der Waals surface area contributed by atoms with E-state index in [1.165, 1.54) is 11.3 Å². The third-order valence-corrected chi connectivity index (χ3v) is 6.69. The molecule has 34 heavy (non-hydrogen) atoms. The van der Waals surface area contributed by atoms with E-state index in [1.54, 1.807) is 18.2 Å². The lowest BCUT2D eigenvalue weighted by Gasteiger charge is -2.29. The van der Waals surface area contributed by atoms with Gasteiger partial charge in [-0.2, -0.15) is 0 Å². The molecule has 178 valence electrons. The SMILES string of the molecule is CCOC(=O)C1CCN(C=Nc2ccc(-c3cc(CNC(=O)c4ccc(Cl)s4)on3)cc2)CC1. The van der Waals surface area contributed by atoms with Crippen LogP contribution >= 0.6 is 22.9 Å². The molecule has 3 heterocycles. The van der Waals surface area contributed by atoms with Gasteiger partial charge in [0.25, 0.3) is 5.91 Å². The Bertz CT molecular complexity index is 1150. The lowest BCUT2D eigenvalue weighted by Crippen LogP contribution is -2.36. The van der Waals surface area contributed by atoms with Gasteiger partial charge in [-0.1, -0.05) is 28.9 Å². The molecule has 1 N–H and O–H groups in total. The van der Waals surface area contributed by atoms with Gasteiger partial charge < -0.3 is 19.5 Å². The van der Waals surface area contributed by atoms with Crippen LogP contribution in [0.25, 0.3) is 11.3 Å². The molecule has 1 saturated heterocycles. The molecule has 0 aliphatic carbocycles. The molecule has 2 aromatic heterocycles. The number of carbonyl (C=O) groups excluding carboxylic acids is 2. The average Bonchev–Trinajstić information content (AvgIpc) is 3.51. The lowest BCUT2D eigenvalue weighted by atomic mass is 9.97. The number of aromatic nitrogens is 1. The van der Waals surface area contributed by atoms with E-state index < -0.39 is 0 Å². The Balaban J connectivity index is 1.27. The molecule has 0 bridgehead atoms. The van der Waals surface area contributed by atoms with Crippen molar-refractivity contribution in [2.75, 3.05) is 19.7 Å². The van der Waals surface area contributed by atoms with Gasteiger partial charge in [0.2, 0.25) is 0 Å². The quantitative estimate of drug-likeness (QED) is 0.268. The number of amides is 1. The molecule has 1 fully saturated rings. The number of piperidine rings is 1. The maximum absolute atomic E-state index is 12.1. The Labute approximate surface area is 206 Å². The molecule has 1 aromatic carbocycles. The highest BCUT2D eigenvalue weighted by molar-refractivity contribution is 7.17. The largest absolute Gasteiger partial charge is 0.466 e. The first-order chi connectivity index (χ1) is 16.5. The van der Waals surface area contributed by atoms with Crippen LogP contribution < -0.4 is 5.32 Å². The number of ether oxygens (including phenoxy) is 1. The van der Waals surface area contributed by atoms with E-state index in [0.717, 1.165) is 37.2 Å². The fourth-order valence-corrected chi connectivity index (χ4v) is 4.56. The number of aliphatic imine (C=N–C) groups is 1. The van der Waals surface area contributed by atoms with Crippen molar-refractivity contribution >= 4 is 46.8 Å². The van der Waals surface area contributed by atoms with E-state index in [4.69, 9.17) is 20.9 Å². The van der Waals surface area contributed by atoms with E-state index in [-0.39, 0.29) is 24.3 Å². The van der Waals surface area contributed by atoms with Crippen molar-refractivity contribution in [2.24, 2.45) is 10.9 Å². The summed E-state index contributed by atoms with van der Waals surface area (Å²) < 4.78 is 11.0. The summed E-state index contributed by atoms with van der Waals surface area (Å²) >= 11 is 7.10. The van der Waals surface area contributed by atoms with E-state index >= 15 is 0 Å². The van der Waals surface area contributed by atoms with Gasteiger partial charge in [-0.15, -0.1) is 11.3 Å². The Morgan fingerprint density at radius 1 is 1.26 bits per heavy atom. The van der Waals surface area contributed by atoms with E-state index in [0.29, 0.717) is 27.3 Å². The maximum atomic E-state index is 12.1. The summed E-state index contributed by atoms with van der Waals surface area (Å²) in [6.07, 6.45) is 3.38. The summed E-state index contributed by atoms with van der Waals surface area (Å²) in [5.41, 5.74) is 2.39. The number of rotatable bonds is 8. The third kappa shape index (κ3) is 6.24. The summed E-state index contributed by atoms with van der Waals surface area (Å²) in [6, 6.07) is 12.8. The molecule has 0 spiro atoms. The van der Waals surface area contributed by atoms with Gasteiger partial charge in [-0.25, -0.2) is 4.99 Å². The molecule has 1 aliphatic rings. The molecule has 0 atom stereocenters. The predicted molar refractivity (Wildman–Crippen MR) is 132 cm³/mol. The van der Waals surface area contributed by atoms with Crippen molar-refractivity contribution < 1.29 is 18.8 Å². The molecule has 0 radical (unpaired) electrons. The first-order valence-electron chi connectivity index (χ1n) is 11.1. The van der Waals surface area contributed by atoms with Crippen molar-refractivity contribution in [3.8, 4) is 11.3 Å². The minimum absolute atomic E-state index is 0.0150. The van der Waals surface area contributed by atoms with E-state index in [9.17, 15) is 9.59 Å². The first-order valence-corrected chi connectivity index (χ1v) is 12.3. The molecular formula is C24H25ClN4O4S. The normalized spacial score (nSPS) is 14.5. The fraction of sp³-hybridized carbons (Fsp3) is 0.333. The predicted octanol–water partition coefficient (Wildman–Crippen LogP) is 4.92. The number of esters is 1. The molecule has 10 heteroatoms. The number of benzene rings is 1. The van der Waals surface area contributed by atoms with Crippen molar-refractivity contribution in [3.05, 3.63) is 57.4 Å². The van der Waals surface area contributed by atoms with Crippen molar-refractivity contribution in [3.63, 3.8) is 0 Å². The van der Waals surface area contributed by atoms with E-state index in [1.807, 2.05) is 37.5 Å². The zero-order chi connectivity index (χ0) is 23.9. The number of hydrogen-bond donors (Lipinski definition) is 1. The standard InChI is InChI=1S/C24H25ClN4O4S/c1-2-32-24(31)17-9-11-29(12-10-17)15-27-18-5-3-16(4-6-18)20-13-19(33-28-20)14-26-23(30)21-7-8-22(25)34-21/h3-8,13,15,17H,2,9-12,14H2,1H3,(H,26,30). The van der Waals surface area contributed by atoms with Crippen molar-refractivity contribution in [1.29, 1.82) is 0 Å². The van der Waals surface area contributed by atoms with E-state index in [2.05, 4.69) is 20.4 Å². The first kappa shape index (κ1) is 24.0. The van der Waals surface area contributed by atoms with Crippen LogP contribution in [0.3, 0.4) is 0 Å². The van der Waals surface area contributed by atoms with Crippen LogP contribution in [-0.2, 0) is 16.1 Å². The number of nitrogens with zero attached hydrogens (tertiary/aromatic N) is 3. The number of thiophene rings is 1. The third-order valence-electron chi connectivity index (χ3n) is 5.46. The van der Waals surface area contributed by atoms with Crippen LogP contribution in [-0.4, -0.2) is 48.0 Å². The maximum Gasteiger partial charge on any atom is 0.309 e. The van der Waals surface area contributed by atoms with Crippen LogP contribution in [0.15, 0.2) is 52.0 Å². The van der Waals surface area contributed by atoms with Gasteiger partial charge in [0.05, 0.1) is 40.3 Å². The molecule has 0 unspecified atom stereocenters. The topological polar surface area (TPSA) is 97.0 Å². The molecule has 1 aliphatic heterocycles. The van der Waals surface area contributed by atoms with Crippen LogP contribution in [0.2, 0.25) is 4.34 Å². The number of nitrogens with one attached hydrogen (secondary N) is 1. The minimum Gasteiger partial charge on any atom is -0.466 e. The number of halogens is 1. The monoisotopic (exact) mass is 500 g/mol.